The number of aliphatic hydroxyl groups excluding tert-OH is 1. The molecule has 0 bridgehead atoms. The third-order valence-electron chi connectivity index (χ3n) is 4.28. The van der Waals surface area contributed by atoms with Gasteiger partial charge in [0.25, 0.3) is 5.56 Å². The second-order valence-electron chi connectivity index (χ2n) is 6.07. The first-order chi connectivity index (χ1) is 11.1. The highest BCUT2D eigenvalue weighted by Gasteiger charge is 2.26. The number of aromatic nitrogens is 2. The summed E-state index contributed by atoms with van der Waals surface area (Å²) in [5.74, 6) is 1.68. The second-order valence-corrected chi connectivity index (χ2v) is 6.45. The van der Waals surface area contributed by atoms with Crippen LogP contribution < -0.4 is 10.5 Å². The first-order valence-electron chi connectivity index (χ1n) is 7.77. The average molecular weight is 334 g/mol. The molecular formula is C17H20ClN3O2. The normalized spacial score (nSPS) is 17.7. The third-order valence-corrected chi connectivity index (χ3v) is 4.62. The summed E-state index contributed by atoms with van der Waals surface area (Å²) < 4.78 is 0. The summed E-state index contributed by atoms with van der Waals surface area (Å²) in [6.45, 7) is 3.54. The van der Waals surface area contributed by atoms with Gasteiger partial charge in [-0.2, -0.15) is 0 Å². The number of hydrogen-bond acceptors (Lipinski definition) is 4. The van der Waals surface area contributed by atoms with Crippen LogP contribution in [0.4, 0.5) is 5.82 Å². The van der Waals surface area contributed by atoms with Crippen LogP contribution in [0.5, 0.6) is 0 Å². The molecule has 5 nitrogen and oxygen atoms in total. The van der Waals surface area contributed by atoms with Gasteiger partial charge < -0.3 is 15.0 Å². The summed E-state index contributed by atoms with van der Waals surface area (Å²) in [6, 6.07) is 8.05. The van der Waals surface area contributed by atoms with Crippen LogP contribution in [0.1, 0.15) is 23.4 Å². The second kappa shape index (κ2) is 6.72. The summed E-state index contributed by atoms with van der Waals surface area (Å²) in [6.07, 6.45) is 2.02. The van der Waals surface area contributed by atoms with Gasteiger partial charge in [-0.3, -0.25) is 4.79 Å². The lowest BCUT2D eigenvalue weighted by Crippen LogP contribution is -2.25. The number of benzene rings is 1. The maximum atomic E-state index is 11.8. The van der Waals surface area contributed by atoms with E-state index in [2.05, 4.69) is 27.0 Å². The Morgan fingerprint density at radius 1 is 1.35 bits per heavy atom. The number of aromatic amines is 1. The van der Waals surface area contributed by atoms with Gasteiger partial charge in [-0.15, -0.1) is 0 Å². The molecule has 2 aromatic rings. The zero-order valence-electron chi connectivity index (χ0n) is 13.1. The Labute approximate surface area is 139 Å². The standard InChI is InChI=1S/C17H20ClN3O2/c1-11-19-16(15(18)17(23)20-11)21-7-6-14(9-21)8-12-2-4-13(10-22)5-3-12/h2-5,14,22H,6-10H2,1H3,(H,19,20,23)/t14-/m1/s1. The lowest BCUT2D eigenvalue weighted by Gasteiger charge is -2.19. The molecule has 1 atom stereocenters. The molecule has 23 heavy (non-hydrogen) atoms. The summed E-state index contributed by atoms with van der Waals surface area (Å²) in [4.78, 5) is 20.9. The Kier molecular flexibility index (Phi) is 4.68. The van der Waals surface area contributed by atoms with E-state index in [1.165, 1.54) is 5.56 Å². The lowest BCUT2D eigenvalue weighted by atomic mass is 9.98. The van der Waals surface area contributed by atoms with E-state index in [9.17, 15) is 4.79 Å². The van der Waals surface area contributed by atoms with Gasteiger partial charge in [-0.25, -0.2) is 4.98 Å². The van der Waals surface area contributed by atoms with Crippen molar-refractivity contribution in [1.29, 1.82) is 0 Å². The van der Waals surface area contributed by atoms with E-state index in [-0.39, 0.29) is 17.2 Å². The molecule has 1 aromatic carbocycles. The molecule has 2 N–H and O–H groups in total. The predicted molar refractivity (Wildman–Crippen MR) is 91.0 cm³/mol. The fraction of sp³-hybridized carbons (Fsp3) is 0.412. The summed E-state index contributed by atoms with van der Waals surface area (Å²) in [5, 5.41) is 9.26. The first kappa shape index (κ1) is 16.0. The van der Waals surface area contributed by atoms with Gasteiger partial charge in [0.2, 0.25) is 0 Å². The Balaban J connectivity index is 1.70. The van der Waals surface area contributed by atoms with Gasteiger partial charge in [0.05, 0.1) is 6.61 Å². The van der Waals surface area contributed by atoms with Crippen LogP contribution in [-0.2, 0) is 13.0 Å². The molecule has 0 aliphatic carbocycles. The summed E-state index contributed by atoms with van der Waals surface area (Å²) in [7, 11) is 0. The van der Waals surface area contributed by atoms with Crippen LogP contribution in [0, 0.1) is 12.8 Å². The molecule has 0 radical (unpaired) electrons. The Morgan fingerprint density at radius 3 is 2.74 bits per heavy atom. The Hall–Kier alpha value is -1.85. The van der Waals surface area contributed by atoms with Crippen LogP contribution in [0.2, 0.25) is 5.02 Å². The highest BCUT2D eigenvalue weighted by molar-refractivity contribution is 6.32. The zero-order valence-corrected chi connectivity index (χ0v) is 13.8. The molecular weight excluding hydrogens is 314 g/mol. The number of H-pyrrole nitrogens is 1. The largest absolute Gasteiger partial charge is 0.392 e. The van der Waals surface area contributed by atoms with E-state index in [0.717, 1.165) is 31.5 Å². The van der Waals surface area contributed by atoms with Crippen LogP contribution in [0.25, 0.3) is 0 Å². The molecule has 0 saturated carbocycles. The molecule has 1 saturated heterocycles. The van der Waals surface area contributed by atoms with E-state index >= 15 is 0 Å². The number of nitrogens with one attached hydrogen (secondary N) is 1. The summed E-state index contributed by atoms with van der Waals surface area (Å²) in [5.41, 5.74) is 1.91. The van der Waals surface area contributed by atoms with Gasteiger partial charge in [-0.1, -0.05) is 35.9 Å². The molecule has 122 valence electrons. The number of aliphatic hydroxyl groups is 1. The number of halogens is 1. The van der Waals surface area contributed by atoms with Crippen LogP contribution >= 0.6 is 11.6 Å². The molecule has 1 fully saturated rings. The average Bonchev–Trinajstić information content (AvgIpc) is 3.00. The molecule has 0 amide bonds. The number of anilines is 1. The first-order valence-corrected chi connectivity index (χ1v) is 8.14. The minimum atomic E-state index is -0.280. The van der Waals surface area contributed by atoms with Gasteiger partial charge in [0.1, 0.15) is 10.8 Å². The van der Waals surface area contributed by atoms with E-state index in [1.807, 2.05) is 12.1 Å². The van der Waals surface area contributed by atoms with Crippen molar-refractivity contribution in [3.8, 4) is 0 Å². The van der Waals surface area contributed by atoms with Crippen molar-refractivity contribution in [1.82, 2.24) is 9.97 Å². The Bertz CT molecular complexity index is 742. The number of aryl methyl sites for hydroxylation is 1. The fourth-order valence-electron chi connectivity index (χ4n) is 3.07. The number of rotatable bonds is 4. The lowest BCUT2D eigenvalue weighted by molar-refractivity contribution is 0.282. The monoisotopic (exact) mass is 333 g/mol. The van der Waals surface area contributed by atoms with Gasteiger partial charge in [-0.05, 0) is 36.8 Å². The molecule has 1 aliphatic heterocycles. The molecule has 1 aromatic heterocycles. The molecule has 0 spiro atoms. The van der Waals surface area contributed by atoms with Gasteiger partial charge in [0.15, 0.2) is 5.82 Å². The highest BCUT2D eigenvalue weighted by atomic mass is 35.5. The predicted octanol–water partition coefficient (Wildman–Crippen LogP) is 2.29. The fourth-order valence-corrected chi connectivity index (χ4v) is 3.28. The van der Waals surface area contributed by atoms with Crippen LogP contribution in [-0.4, -0.2) is 28.2 Å². The molecule has 2 heterocycles. The van der Waals surface area contributed by atoms with Crippen molar-refractivity contribution in [2.75, 3.05) is 18.0 Å². The van der Waals surface area contributed by atoms with Crippen molar-refractivity contribution in [3.63, 3.8) is 0 Å². The van der Waals surface area contributed by atoms with E-state index in [0.29, 0.717) is 17.6 Å². The van der Waals surface area contributed by atoms with Crippen LogP contribution in [0.15, 0.2) is 29.1 Å². The van der Waals surface area contributed by atoms with E-state index < -0.39 is 0 Å². The maximum absolute atomic E-state index is 11.8. The third kappa shape index (κ3) is 3.57. The highest BCUT2D eigenvalue weighted by Crippen LogP contribution is 2.28. The van der Waals surface area contributed by atoms with Crippen molar-refractivity contribution >= 4 is 17.4 Å². The summed E-state index contributed by atoms with van der Waals surface area (Å²) >= 11 is 6.11. The van der Waals surface area contributed by atoms with Gasteiger partial charge in [0, 0.05) is 13.1 Å². The quantitative estimate of drug-likeness (QED) is 0.900. The number of nitrogens with zero attached hydrogens (tertiary/aromatic N) is 2. The van der Waals surface area contributed by atoms with Crippen molar-refractivity contribution in [2.24, 2.45) is 5.92 Å². The smallest absolute Gasteiger partial charge is 0.271 e. The van der Waals surface area contributed by atoms with E-state index in [4.69, 9.17) is 16.7 Å². The van der Waals surface area contributed by atoms with Crippen molar-refractivity contribution in [3.05, 3.63) is 56.6 Å². The zero-order chi connectivity index (χ0) is 16.4. The van der Waals surface area contributed by atoms with Crippen molar-refractivity contribution in [2.45, 2.75) is 26.4 Å². The maximum Gasteiger partial charge on any atom is 0.271 e. The SMILES string of the molecule is Cc1nc(N2CC[C@H](Cc3ccc(CO)cc3)C2)c(Cl)c(=O)[nH]1. The van der Waals surface area contributed by atoms with Crippen molar-refractivity contribution < 1.29 is 5.11 Å². The van der Waals surface area contributed by atoms with Gasteiger partial charge >= 0.3 is 0 Å². The molecule has 3 rings (SSSR count). The van der Waals surface area contributed by atoms with Crippen LogP contribution in [0.3, 0.4) is 0 Å². The minimum Gasteiger partial charge on any atom is -0.392 e. The molecule has 0 unspecified atom stereocenters. The topological polar surface area (TPSA) is 69.2 Å². The number of hydrogen-bond donors (Lipinski definition) is 2. The molecule has 6 heteroatoms. The Morgan fingerprint density at radius 2 is 2.04 bits per heavy atom. The van der Waals surface area contributed by atoms with E-state index in [1.54, 1.807) is 6.92 Å². The minimum absolute atomic E-state index is 0.0730. The molecule has 1 aliphatic rings.